The summed E-state index contributed by atoms with van der Waals surface area (Å²) in [5.41, 5.74) is 7.03. The predicted molar refractivity (Wildman–Crippen MR) is 150 cm³/mol. The van der Waals surface area contributed by atoms with Crippen LogP contribution in [-0.2, 0) is 14.3 Å². The van der Waals surface area contributed by atoms with Gasteiger partial charge in [-0.15, -0.1) is 0 Å². The van der Waals surface area contributed by atoms with Gasteiger partial charge in [0.05, 0.1) is 30.8 Å². The maximum atomic E-state index is 9.52. The van der Waals surface area contributed by atoms with Crippen LogP contribution in [0, 0.1) is 0 Å². The number of hydrogen-bond donors (Lipinski definition) is 2. The van der Waals surface area contributed by atoms with Crippen molar-refractivity contribution < 1.29 is 19.1 Å². The quantitative estimate of drug-likeness (QED) is 0.276. The Morgan fingerprint density at radius 1 is 0.595 bits per heavy atom. The lowest BCUT2D eigenvalue weighted by Crippen LogP contribution is -2.30. The van der Waals surface area contributed by atoms with Gasteiger partial charge in [-0.05, 0) is 57.6 Å². The van der Waals surface area contributed by atoms with E-state index >= 15 is 0 Å². The largest absolute Gasteiger partial charge is 0.409 e. The van der Waals surface area contributed by atoms with Crippen molar-refractivity contribution in [2.24, 2.45) is 0 Å². The monoisotopic (exact) mass is 522 g/mol. The van der Waals surface area contributed by atoms with E-state index in [4.69, 9.17) is 8.85 Å². The zero-order valence-electron chi connectivity index (χ0n) is 21.0. The highest BCUT2D eigenvalue weighted by atomic mass is 28.2. The molecule has 1 aliphatic carbocycles. The Balaban J connectivity index is 1.59. The van der Waals surface area contributed by atoms with Gasteiger partial charge in [-0.3, -0.25) is 0 Å². The second-order valence-electron chi connectivity index (χ2n) is 9.52. The van der Waals surface area contributed by atoms with Crippen LogP contribution in [0.1, 0.15) is 36.1 Å². The Labute approximate surface area is 223 Å². The van der Waals surface area contributed by atoms with E-state index in [1.165, 1.54) is 33.4 Å². The molecule has 186 valence electrons. The van der Waals surface area contributed by atoms with Crippen molar-refractivity contribution in [2.45, 2.75) is 31.5 Å². The van der Waals surface area contributed by atoms with E-state index in [0.717, 1.165) is 10.4 Å². The topological polar surface area (TPSA) is 58.9 Å². The van der Waals surface area contributed by atoms with Gasteiger partial charge in [0, 0.05) is 0 Å². The number of rotatable bonds is 10. The average molecular weight is 523 g/mol. The first-order valence-corrected chi connectivity index (χ1v) is 14.3. The molecule has 2 unspecified atom stereocenters. The van der Waals surface area contributed by atoms with Gasteiger partial charge >= 0.3 is 0 Å². The number of aliphatic hydroxyl groups excluding tert-OH is 2. The van der Waals surface area contributed by atoms with Crippen molar-refractivity contribution in [3.63, 3.8) is 0 Å². The summed E-state index contributed by atoms with van der Waals surface area (Å²) >= 11 is 0. The fourth-order valence-electron chi connectivity index (χ4n) is 5.09. The molecule has 37 heavy (non-hydrogen) atoms. The van der Waals surface area contributed by atoms with E-state index in [0.29, 0.717) is 13.2 Å². The van der Waals surface area contributed by atoms with Crippen molar-refractivity contribution in [1.29, 1.82) is 0 Å². The lowest BCUT2D eigenvalue weighted by Gasteiger charge is -2.34. The first kappa shape index (κ1) is 25.8. The van der Waals surface area contributed by atoms with Crippen molar-refractivity contribution in [3.8, 4) is 11.1 Å². The molecule has 5 rings (SSSR count). The van der Waals surface area contributed by atoms with Crippen molar-refractivity contribution >= 4 is 29.9 Å². The summed E-state index contributed by atoms with van der Waals surface area (Å²) < 4.78 is 11.4. The van der Waals surface area contributed by atoms with E-state index in [1.807, 2.05) is 0 Å². The third-order valence-electron chi connectivity index (χ3n) is 6.62. The minimum Gasteiger partial charge on any atom is -0.409 e. The predicted octanol–water partition coefficient (Wildman–Crippen LogP) is 3.33. The third kappa shape index (κ3) is 5.14. The average Bonchev–Trinajstić information content (AvgIpc) is 3.20. The zero-order valence-corrected chi connectivity index (χ0v) is 23.0. The molecule has 6 heteroatoms. The van der Waals surface area contributed by atoms with Crippen LogP contribution in [0.2, 0.25) is 0 Å². The van der Waals surface area contributed by atoms with Gasteiger partial charge in [0.15, 0.2) is 0 Å². The van der Waals surface area contributed by atoms with Crippen molar-refractivity contribution in [2.75, 3.05) is 13.2 Å². The molecule has 0 aromatic heterocycles. The molecule has 2 atom stereocenters. The minimum atomic E-state index is -0.470. The fourth-order valence-corrected chi connectivity index (χ4v) is 6.68. The maximum absolute atomic E-state index is 9.52. The molecule has 4 nitrogen and oxygen atoms in total. The Hall–Kier alpha value is -2.85. The molecule has 4 aromatic carbocycles. The van der Waals surface area contributed by atoms with Crippen LogP contribution >= 0.6 is 0 Å². The van der Waals surface area contributed by atoms with Gasteiger partial charge < -0.3 is 19.1 Å². The van der Waals surface area contributed by atoms with E-state index < -0.39 is 17.6 Å². The lowest BCUT2D eigenvalue weighted by atomic mass is 9.68. The molecule has 0 saturated heterocycles. The molecule has 0 bridgehead atoms. The van der Waals surface area contributed by atoms with E-state index in [1.54, 1.807) is 13.8 Å². The molecule has 4 aromatic rings. The highest BCUT2D eigenvalue weighted by molar-refractivity contribution is 6.47. The lowest BCUT2D eigenvalue weighted by molar-refractivity contribution is 0.126. The van der Waals surface area contributed by atoms with Gasteiger partial charge in [-0.2, -0.15) is 0 Å². The van der Waals surface area contributed by atoms with Crippen LogP contribution in [0.15, 0.2) is 97.1 Å². The molecule has 0 amide bonds. The molecule has 0 spiro atoms. The highest BCUT2D eigenvalue weighted by Crippen LogP contribution is 2.55. The van der Waals surface area contributed by atoms with Crippen molar-refractivity contribution in [1.82, 2.24) is 0 Å². The molecule has 2 N–H and O–H groups in total. The van der Waals surface area contributed by atoms with Gasteiger partial charge in [0.2, 0.25) is 0 Å². The van der Waals surface area contributed by atoms with E-state index in [-0.39, 0.29) is 19.5 Å². The van der Waals surface area contributed by atoms with Crippen LogP contribution in [0.4, 0.5) is 0 Å². The summed E-state index contributed by atoms with van der Waals surface area (Å²) in [6, 6.07) is 34.8. The SMILES string of the molecule is CC(O)CO[Si]c1ccc(C2(c3ccc([Si]OCC(C)O)cc3)c3ccccc3-c3ccccc32)cc1. The molecular weight excluding hydrogens is 493 g/mol. The number of fused-ring (bicyclic) bond motifs is 3. The summed E-state index contributed by atoms with van der Waals surface area (Å²) in [4.78, 5) is 0. The standard InChI is InChI=1S/C31H30O4Si2/c1-21(32)19-34-36-25-15-11-23(12-16-25)31(24-13-17-26(18-14-24)37-35-20-22(2)33)29-9-5-3-7-27(29)28-8-4-6-10-30(28)31/h3-18,21-22,32-33H,19-20H2,1-2H3. The van der Waals surface area contributed by atoms with Gasteiger partial charge in [-0.25, -0.2) is 0 Å². The maximum Gasteiger partial charge on any atom is 0.268 e. The Bertz CT molecular complexity index is 1230. The van der Waals surface area contributed by atoms with Crippen LogP contribution < -0.4 is 10.4 Å². The summed E-state index contributed by atoms with van der Waals surface area (Å²) in [5, 5.41) is 21.2. The van der Waals surface area contributed by atoms with Gasteiger partial charge in [0.25, 0.3) is 19.5 Å². The number of aliphatic hydroxyl groups is 2. The Kier molecular flexibility index (Phi) is 7.85. The molecule has 0 fully saturated rings. The normalized spacial score (nSPS) is 15.1. The first-order valence-electron chi connectivity index (χ1n) is 12.5. The Morgan fingerprint density at radius 3 is 1.35 bits per heavy atom. The second-order valence-corrected chi connectivity index (χ2v) is 11.7. The molecule has 0 heterocycles. The van der Waals surface area contributed by atoms with E-state index in [2.05, 4.69) is 97.1 Å². The Morgan fingerprint density at radius 2 is 0.973 bits per heavy atom. The smallest absolute Gasteiger partial charge is 0.268 e. The van der Waals surface area contributed by atoms with Crippen LogP contribution in [0.25, 0.3) is 11.1 Å². The zero-order chi connectivity index (χ0) is 25.8. The molecule has 1 aliphatic rings. The first-order chi connectivity index (χ1) is 18.0. The molecule has 4 radical (unpaired) electrons. The molecular formula is C31H30O4Si2. The number of hydrogen-bond acceptors (Lipinski definition) is 4. The van der Waals surface area contributed by atoms with E-state index in [9.17, 15) is 10.2 Å². The minimum absolute atomic E-state index is 0.192. The van der Waals surface area contributed by atoms with Crippen LogP contribution in [-0.4, -0.2) is 55.2 Å². The summed E-state index contributed by atoms with van der Waals surface area (Å²) in [5.74, 6) is 0. The summed E-state index contributed by atoms with van der Waals surface area (Å²) in [6.07, 6.45) is -0.940. The highest BCUT2D eigenvalue weighted by Gasteiger charge is 2.45. The molecule has 0 aliphatic heterocycles. The third-order valence-corrected chi connectivity index (χ3v) is 8.38. The van der Waals surface area contributed by atoms with Crippen LogP contribution in [0.5, 0.6) is 0 Å². The van der Waals surface area contributed by atoms with Crippen molar-refractivity contribution in [3.05, 3.63) is 119 Å². The van der Waals surface area contributed by atoms with Gasteiger partial charge in [0.1, 0.15) is 0 Å². The number of benzene rings is 4. The summed E-state index contributed by atoms with van der Waals surface area (Å²) in [7, 11) is 0.384. The van der Waals surface area contributed by atoms with Gasteiger partial charge in [-0.1, -0.05) is 97.1 Å². The summed E-state index contributed by atoms with van der Waals surface area (Å²) in [6.45, 7) is 4.13. The van der Waals surface area contributed by atoms with Crippen LogP contribution in [0.3, 0.4) is 0 Å². The fraction of sp³-hybridized carbons (Fsp3) is 0.226. The molecule has 0 saturated carbocycles. The second kappa shape index (κ2) is 11.3.